The van der Waals surface area contributed by atoms with Gasteiger partial charge in [-0.1, -0.05) is 17.7 Å². The van der Waals surface area contributed by atoms with Crippen molar-refractivity contribution in [2.75, 3.05) is 19.0 Å². The first-order valence-corrected chi connectivity index (χ1v) is 7.14. The van der Waals surface area contributed by atoms with Gasteiger partial charge in [-0.3, -0.25) is 4.79 Å². The highest BCUT2D eigenvalue weighted by molar-refractivity contribution is 6.30. The number of aromatic hydroxyl groups is 1. The summed E-state index contributed by atoms with van der Waals surface area (Å²) in [5.41, 5.74) is 3.53. The van der Waals surface area contributed by atoms with Crippen molar-refractivity contribution in [2.24, 2.45) is 5.10 Å². The van der Waals surface area contributed by atoms with Crippen molar-refractivity contribution in [3.8, 4) is 11.5 Å². The molecule has 0 bridgehead atoms. The number of nitrogens with zero attached hydrogens (tertiary/aromatic N) is 1. The van der Waals surface area contributed by atoms with Gasteiger partial charge in [-0.2, -0.15) is 5.10 Å². The minimum atomic E-state index is -0.328. The zero-order valence-electron chi connectivity index (χ0n) is 12.4. The molecule has 1 amide bonds. The number of carbonyl (C=O) groups is 1. The summed E-state index contributed by atoms with van der Waals surface area (Å²) < 4.78 is 5.10. The Balaban J connectivity index is 1.85. The van der Waals surface area contributed by atoms with Gasteiger partial charge in [-0.15, -0.1) is 0 Å². The fourth-order valence-corrected chi connectivity index (χ4v) is 1.94. The highest BCUT2D eigenvalue weighted by Crippen LogP contribution is 2.19. The van der Waals surface area contributed by atoms with Crippen LogP contribution in [-0.2, 0) is 4.79 Å². The number of halogens is 1. The number of hydrogen-bond acceptors (Lipinski definition) is 5. The van der Waals surface area contributed by atoms with E-state index in [2.05, 4.69) is 15.8 Å². The number of hydrogen-bond donors (Lipinski definition) is 3. The van der Waals surface area contributed by atoms with Gasteiger partial charge >= 0.3 is 0 Å². The van der Waals surface area contributed by atoms with Crippen molar-refractivity contribution >= 4 is 29.4 Å². The average molecular weight is 334 g/mol. The highest BCUT2D eigenvalue weighted by Gasteiger charge is 2.02. The molecule has 0 fully saturated rings. The van der Waals surface area contributed by atoms with Crippen molar-refractivity contribution in [3.05, 3.63) is 53.1 Å². The Kier molecular flexibility index (Phi) is 5.82. The van der Waals surface area contributed by atoms with E-state index < -0.39 is 0 Å². The Morgan fingerprint density at radius 2 is 2.17 bits per heavy atom. The van der Waals surface area contributed by atoms with E-state index in [-0.39, 0.29) is 18.2 Å². The molecule has 0 saturated heterocycles. The summed E-state index contributed by atoms with van der Waals surface area (Å²) in [6.45, 7) is 0.0477. The monoisotopic (exact) mass is 333 g/mol. The number of hydrazone groups is 1. The lowest BCUT2D eigenvalue weighted by atomic mass is 10.2. The van der Waals surface area contributed by atoms with Crippen molar-refractivity contribution < 1.29 is 14.6 Å². The number of rotatable bonds is 6. The van der Waals surface area contributed by atoms with Gasteiger partial charge in [-0.05, 0) is 30.3 Å². The van der Waals surface area contributed by atoms with Gasteiger partial charge in [0.05, 0.1) is 19.9 Å². The van der Waals surface area contributed by atoms with Gasteiger partial charge in [0.1, 0.15) is 11.5 Å². The van der Waals surface area contributed by atoms with Gasteiger partial charge < -0.3 is 15.2 Å². The van der Waals surface area contributed by atoms with Gasteiger partial charge in [0.25, 0.3) is 5.91 Å². The zero-order chi connectivity index (χ0) is 16.7. The lowest BCUT2D eigenvalue weighted by Crippen LogP contribution is -2.25. The standard InChI is InChI=1S/C16H16ClN3O3/c1-23-14-4-2-3-13(8-14)18-10-16(22)20-19-9-11-7-12(17)5-6-15(11)21/h2-9,18,21H,10H2,1H3,(H,20,22)/b19-9+. The normalized spacial score (nSPS) is 10.5. The summed E-state index contributed by atoms with van der Waals surface area (Å²) >= 11 is 5.82. The van der Waals surface area contributed by atoms with Crippen LogP contribution < -0.4 is 15.5 Å². The number of amides is 1. The maximum absolute atomic E-state index is 11.7. The number of ether oxygens (including phenoxy) is 1. The van der Waals surface area contributed by atoms with Gasteiger partial charge in [0.2, 0.25) is 0 Å². The third kappa shape index (κ3) is 5.19. The molecule has 23 heavy (non-hydrogen) atoms. The second-order valence-electron chi connectivity index (χ2n) is 4.58. The molecule has 0 aliphatic rings. The molecular weight excluding hydrogens is 318 g/mol. The van der Waals surface area contributed by atoms with Crippen molar-refractivity contribution in [1.29, 1.82) is 0 Å². The predicted octanol–water partition coefficient (Wildman–Crippen LogP) is 2.62. The van der Waals surface area contributed by atoms with E-state index >= 15 is 0 Å². The molecule has 2 rings (SSSR count). The van der Waals surface area contributed by atoms with Crippen molar-refractivity contribution in [2.45, 2.75) is 0 Å². The third-order valence-electron chi connectivity index (χ3n) is 2.91. The number of anilines is 1. The Bertz CT molecular complexity index is 719. The summed E-state index contributed by atoms with van der Waals surface area (Å²) in [6, 6.07) is 11.8. The van der Waals surface area contributed by atoms with Gasteiger partial charge in [0, 0.05) is 22.3 Å². The zero-order valence-corrected chi connectivity index (χ0v) is 13.2. The summed E-state index contributed by atoms with van der Waals surface area (Å²) in [5.74, 6) is 0.400. The molecule has 0 unspecified atom stereocenters. The number of carbonyl (C=O) groups excluding carboxylic acids is 1. The van der Waals surface area contributed by atoms with Crippen LogP contribution in [0.1, 0.15) is 5.56 Å². The first kappa shape index (κ1) is 16.6. The molecule has 0 spiro atoms. The maximum Gasteiger partial charge on any atom is 0.259 e. The summed E-state index contributed by atoms with van der Waals surface area (Å²) in [7, 11) is 1.58. The SMILES string of the molecule is COc1cccc(NCC(=O)N/N=C/c2cc(Cl)ccc2O)c1. The summed E-state index contributed by atoms with van der Waals surface area (Å²) in [5, 5.41) is 16.8. The first-order valence-electron chi connectivity index (χ1n) is 6.77. The van der Waals surface area contributed by atoms with Crippen LogP contribution in [-0.4, -0.2) is 30.9 Å². The van der Waals surface area contributed by atoms with Crippen molar-refractivity contribution in [1.82, 2.24) is 5.43 Å². The molecule has 2 aromatic rings. The van der Waals surface area contributed by atoms with Crippen LogP contribution in [0.15, 0.2) is 47.6 Å². The number of phenols is 1. The van der Waals surface area contributed by atoms with Crippen LogP contribution in [0.25, 0.3) is 0 Å². The molecule has 0 aliphatic heterocycles. The Labute approximate surface area is 138 Å². The van der Waals surface area contributed by atoms with E-state index in [4.69, 9.17) is 16.3 Å². The Morgan fingerprint density at radius 3 is 2.96 bits per heavy atom. The number of nitrogens with one attached hydrogen (secondary N) is 2. The summed E-state index contributed by atoms with van der Waals surface area (Å²) in [6.07, 6.45) is 1.32. The van der Waals surface area contributed by atoms with Crippen LogP contribution in [0, 0.1) is 0 Å². The predicted molar refractivity (Wildman–Crippen MR) is 90.3 cm³/mol. The molecule has 7 heteroatoms. The molecular formula is C16H16ClN3O3. The molecule has 0 heterocycles. The summed E-state index contributed by atoms with van der Waals surface area (Å²) in [4.78, 5) is 11.7. The second kappa shape index (κ2) is 8.05. The molecule has 0 atom stereocenters. The van der Waals surface area contributed by atoms with E-state index in [1.807, 2.05) is 18.2 Å². The molecule has 2 aromatic carbocycles. The lowest BCUT2D eigenvalue weighted by Gasteiger charge is -2.07. The highest BCUT2D eigenvalue weighted by atomic mass is 35.5. The minimum Gasteiger partial charge on any atom is -0.507 e. The first-order chi connectivity index (χ1) is 11.1. The minimum absolute atomic E-state index is 0.0295. The average Bonchev–Trinajstić information content (AvgIpc) is 2.56. The maximum atomic E-state index is 11.7. The smallest absolute Gasteiger partial charge is 0.259 e. The lowest BCUT2D eigenvalue weighted by molar-refractivity contribution is -0.119. The largest absolute Gasteiger partial charge is 0.507 e. The van der Waals surface area contributed by atoms with E-state index in [9.17, 15) is 9.90 Å². The molecule has 120 valence electrons. The van der Waals surface area contributed by atoms with E-state index in [0.717, 1.165) is 5.69 Å². The number of benzene rings is 2. The quantitative estimate of drug-likeness (QED) is 0.560. The van der Waals surface area contributed by atoms with Crippen LogP contribution in [0.3, 0.4) is 0 Å². The van der Waals surface area contributed by atoms with Crippen LogP contribution in [0.5, 0.6) is 11.5 Å². The van der Waals surface area contributed by atoms with E-state index in [0.29, 0.717) is 16.3 Å². The topological polar surface area (TPSA) is 83.0 Å². The van der Waals surface area contributed by atoms with Crippen LogP contribution in [0.2, 0.25) is 5.02 Å². The molecule has 6 nitrogen and oxygen atoms in total. The van der Waals surface area contributed by atoms with E-state index in [1.54, 1.807) is 25.3 Å². The molecule has 0 aromatic heterocycles. The molecule has 0 saturated carbocycles. The Morgan fingerprint density at radius 1 is 1.35 bits per heavy atom. The molecule has 0 radical (unpaired) electrons. The molecule has 0 aliphatic carbocycles. The number of phenolic OH excluding ortho intramolecular Hbond substituents is 1. The molecule has 3 N–H and O–H groups in total. The fourth-order valence-electron chi connectivity index (χ4n) is 1.76. The van der Waals surface area contributed by atoms with E-state index in [1.165, 1.54) is 12.3 Å². The van der Waals surface area contributed by atoms with Gasteiger partial charge in [-0.25, -0.2) is 5.43 Å². The number of methoxy groups -OCH3 is 1. The second-order valence-corrected chi connectivity index (χ2v) is 5.02. The van der Waals surface area contributed by atoms with Crippen molar-refractivity contribution in [3.63, 3.8) is 0 Å². The fraction of sp³-hybridized carbons (Fsp3) is 0.125. The van der Waals surface area contributed by atoms with Gasteiger partial charge in [0.15, 0.2) is 0 Å². The Hall–Kier alpha value is -2.73. The van der Waals surface area contributed by atoms with Crippen LogP contribution in [0.4, 0.5) is 5.69 Å². The third-order valence-corrected chi connectivity index (χ3v) is 3.14. The van der Waals surface area contributed by atoms with Crippen LogP contribution >= 0.6 is 11.6 Å².